The van der Waals surface area contributed by atoms with E-state index < -0.39 is 0 Å². The Balaban J connectivity index is 2.25. The van der Waals surface area contributed by atoms with Gasteiger partial charge in [-0.3, -0.25) is 4.90 Å². The lowest BCUT2D eigenvalue weighted by atomic mass is 10.1. The maximum atomic E-state index is 9.64. The molecule has 0 bridgehead atoms. The van der Waals surface area contributed by atoms with Crippen LogP contribution in [0.4, 0.5) is 0 Å². The van der Waals surface area contributed by atoms with Crippen molar-refractivity contribution in [3.05, 3.63) is 0 Å². The van der Waals surface area contributed by atoms with Gasteiger partial charge in [-0.05, 0) is 13.3 Å². The number of morpholine rings is 1. The molecule has 78 valence electrons. The number of aliphatic hydroxyl groups excluding tert-OH is 1. The molecule has 0 aromatic rings. The first-order chi connectivity index (χ1) is 6.24. The van der Waals surface area contributed by atoms with Crippen LogP contribution in [0.2, 0.25) is 0 Å². The van der Waals surface area contributed by atoms with E-state index in [1.54, 1.807) is 0 Å². The van der Waals surface area contributed by atoms with Gasteiger partial charge in [-0.25, -0.2) is 0 Å². The second-order valence-electron chi connectivity index (χ2n) is 3.86. The average molecular weight is 187 g/mol. The molecule has 1 heterocycles. The van der Waals surface area contributed by atoms with Gasteiger partial charge in [0, 0.05) is 19.1 Å². The fourth-order valence-electron chi connectivity index (χ4n) is 1.73. The van der Waals surface area contributed by atoms with Gasteiger partial charge in [-0.15, -0.1) is 0 Å². The largest absolute Gasteiger partial charge is 0.392 e. The van der Waals surface area contributed by atoms with E-state index in [9.17, 15) is 5.11 Å². The Morgan fingerprint density at radius 1 is 1.62 bits per heavy atom. The molecule has 1 saturated heterocycles. The molecule has 0 aromatic carbocycles. The highest BCUT2D eigenvalue weighted by atomic mass is 16.5. The Hall–Kier alpha value is -0.120. The highest BCUT2D eigenvalue weighted by molar-refractivity contribution is 4.73. The Morgan fingerprint density at radius 2 is 2.38 bits per heavy atom. The summed E-state index contributed by atoms with van der Waals surface area (Å²) in [6.45, 7) is 7.63. The Morgan fingerprint density at radius 3 is 3.00 bits per heavy atom. The van der Waals surface area contributed by atoms with Crippen LogP contribution in [0.25, 0.3) is 0 Å². The molecule has 1 aliphatic rings. The molecular weight excluding hydrogens is 166 g/mol. The van der Waals surface area contributed by atoms with Gasteiger partial charge in [0.1, 0.15) is 0 Å². The lowest BCUT2D eigenvalue weighted by Gasteiger charge is -2.34. The van der Waals surface area contributed by atoms with Crippen LogP contribution in [0.15, 0.2) is 0 Å². The summed E-state index contributed by atoms with van der Waals surface area (Å²) in [7, 11) is 0. The zero-order valence-corrected chi connectivity index (χ0v) is 8.70. The number of aliphatic hydroxyl groups is 1. The van der Waals surface area contributed by atoms with Crippen molar-refractivity contribution in [3.63, 3.8) is 0 Å². The van der Waals surface area contributed by atoms with Crippen LogP contribution >= 0.6 is 0 Å². The fourth-order valence-corrected chi connectivity index (χ4v) is 1.73. The van der Waals surface area contributed by atoms with Crippen molar-refractivity contribution in [1.29, 1.82) is 0 Å². The maximum Gasteiger partial charge on any atom is 0.0667 e. The normalized spacial score (nSPS) is 27.5. The molecule has 2 atom stereocenters. The number of rotatable bonds is 4. The second-order valence-corrected chi connectivity index (χ2v) is 3.86. The summed E-state index contributed by atoms with van der Waals surface area (Å²) in [4.78, 5) is 2.31. The third-order valence-electron chi connectivity index (χ3n) is 2.57. The van der Waals surface area contributed by atoms with E-state index in [0.29, 0.717) is 6.04 Å². The molecule has 0 saturated carbocycles. The van der Waals surface area contributed by atoms with Crippen molar-refractivity contribution >= 4 is 0 Å². The fraction of sp³-hybridized carbons (Fsp3) is 1.00. The van der Waals surface area contributed by atoms with E-state index in [-0.39, 0.29) is 6.10 Å². The third kappa shape index (κ3) is 3.63. The van der Waals surface area contributed by atoms with Crippen molar-refractivity contribution in [2.24, 2.45) is 0 Å². The molecule has 1 aliphatic heterocycles. The Kier molecular flexibility index (Phi) is 4.70. The third-order valence-corrected chi connectivity index (χ3v) is 2.57. The lowest BCUT2D eigenvalue weighted by Crippen LogP contribution is -2.46. The molecule has 3 heteroatoms. The quantitative estimate of drug-likeness (QED) is 0.709. The topological polar surface area (TPSA) is 32.7 Å². The first kappa shape index (κ1) is 11.0. The van der Waals surface area contributed by atoms with Gasteiger partial charge in [-0.2, -0.15) is 0 Å². The molecule has 1 N–H and O–H groups in total. The van der Waals surface area contributed by atoms with Gasteiger partial charge in [0.2, 0.25) is 0 Å². The minimum absolute atomic E-state index is 0.162. The van der Waals surface area contributed by atoms with Gasteiger partial charge in [-0.1, -0.05) is 13.3 Å². The standard InChI is InChI=1S/C10H21NO2/c1-3-4-10(12)7-11-5-6-13-8-9(11)2/h9-10,12H,3-8H2,1-2H3. The second kappa shape index (κ2) is 5.58. The van der Waals surface area contributed by atoms with E-state index in [0.717, 1.165) is 39.1 Å². The van der Waals surface area contributed by atoms with Crippen LogP contribution < -0.4 is 0 Å². The summed E-state index contributed by atoms with van der Waals surface area (Å²) < 4.78 is 5.33. The van der Waals surface area contributed by atoms with E-state index in [2.05, 4.69) is 18.7 Å². The Labute approximate surface area is 80.7 Å². The number of ether oxygens (including phenoxy) is 1. The molecule has 3 nitrogen and oxygen atoms in total. The summed E-state index contributed by atoms with van der Waals surface area (Å²) in [5.41, 5.74) is 0. The van der Waals surface area contributed by atoms with Gasteiger partial charge in [0.05, 0.1) is 19.3 Å². The zero-order chi connectivity index (χ0) is 9.68. The summed E-state index contributed by atoms with van der Waals surface area (Å²) >= 11 is 0. The molecule has 0 amide bonds. The van der Waals surface area contributed by atoms with Gasteiger partial charge in [0.15, 0.2) is 0 Å². The van der Waals surface area contributed by atoms with Crippen LogP contribution in [0.3, 0.4) is 0 Å². The van der Waals surface area contributed by atoms with Crippen LogP contribution in [0.5, 0.6) is 0 Å². The molecule has 0 aromatic heterocycles. The van der Waals surface area contributed by atoms with Crippen LogP contribution in [-0.2, 0) is 4.74 Å². The van der Waals surface area contributed by atoms with E-state index >= 15 is 0 Å². The van der Waals surface area contributed by atoms with Crippen molar-refractivity contribution in [2.45, 2.75) is 38.8 Å². The smallest absolute Gasteiger partial charge is 0.0667 e. The monoisotopic (exact) mass is 187 g/mol. The number of β-amino-alcohol motifs (C(OH)–C–C–N with tert-alkyl or cyclic N) is 1. The lowest BCUT2D eigenvalue weighted by molar-refractivity contribution is -0.0210. The SMILES string of the molecule is CCCC(O)CN1CCOCC1C. The maximum absolute atomic E-state index is 9.64. The van der Waals surface area contributed by atoms with Crippen molar-refractivity contribution in [2.75, 3.05) is 26.3 Å². The summed E-state index contributed by atoms with van der Waals surface area (Å²) in [6, 6.07) is 0.459. The summed E-state index contributed by atoms with van der Waals surface area (Å²) in [5, 5.41) is 9.64. The molecule has 2 unspecified atom stereocenters. The molecule has 1 rings (SSSR count). The number of hydrogen-bond acceptors (Lipinski definition) is 3. The number of nitrogens with zero attached hydrogens (tertiary/aromatic N) is 1. The van der Waals surface area contributed by atoms with Crippen LogP contribution in [0.1, 0.15) is 26.7 Å². The predicted molar refractivity (Wildman–Crippen MR) is 52.8 cm³/mol. The first-order valence-corrected chi connectivity index (χ1v) is 5.24. The van der Waals surface area contributed by atoms with Crippen LogP contribution in [-0.4, -0.2) is 48.5 Å². The van der Waals surface area contributed by atoms with Gasteiger partial charge in [0.25, 0.3) is 0 Å². The molecular formula is C10H21NO2. The minimum Gasteiger partial charge on any atom is -0.392 e. The molecule has 1 fully saturated rings. The highest BCUT2D eigenvalue weighted by Crippen LogP contribution is 2.08. The van der Waals surface area contributed by atoms with E-state index in [4.69, 9.17) is 4.74 Å². The summed E-state index contributed by atoms with van der Waals surface area (Å²) in [6.07, 6.45) is 1.80. The van der Waals surface area contributed by atoms with Crippen molar-refractivity contribution < 1.29 is 9.84 Å². The minimum atomic E-state index is -0.162. The molecule has 13 heavy (non-hydrogen) atoms. The van der Waals surface area contributed by atoms with Crippen LogP contribution in [0, 0.1) is 0 Å². The Bertz CT molecular complexity index is 141. The van der Waals surface area contributed by atoms with Crippen molar-refractivity contribution in [1.82, 2.24) is 4.90 Å². The molecule has 0 aliphatic carbocycles. The van der Waals surface area contributed by atoms with E-state index in [1.807, 2.05) is 0 Å². The molecule has 0 radical (unpaired) electrons. The summed E-state index contributed by atoms with van der Waals surface area (Å²) in [5.74, 6) is 0. The number of hydrogen-bond donors (Lipinski definition) is 1. The zero-order valence-electron chi connectivity index (χ0n) is 8.70. The molecule has 0 spiro atoms. The predicted octanol–water partition coefficient (Wildman–Crippen LogP) is 0.868. The van der Waals surface area contributed by atoms with E-state index in [1.165, 1.54) is 0 Å². The van der Waals surface area contributed by atoms with Crippen molar-refractivity contribution in [3.8, 4) is 0 Å². The highest BCUT2D eigenvalue weighted by Gasteiger charge is 2.20. The van der Waals surface area contributed by atoms with Gasteiger partial charge >= 0.3 is 0 Å². The average Bonchev–Trinajstić information content (AvgIpc) is 2.09. The van der Waals surface area contributed by atoms with Gasteiger partial charge < -0.3 is 9.84 Å². The first-order valence-electron chi connectivity index (χ1n) is 5.24.